The predicted molar refractivity (Wildman–Crippen MR) is 77.8 cm³/mol. The van der Waals surface area contributed by atoms with Crippen molar-refractivity contribution in [3.05, 3.63) is 51.8 Å². The van der Waals surface area contributed by atoms with Crippen molar-refractivity contribution in [1.82, 2.24) is 4.98 Å². The van der Waals surface area contributed by atoms with Crippen LogP contribution in [0.1, 0.15) is 16.1 Å². The number of hydrogen-bond donors (Lipinski definition) is 2. The van der Waals surface area contributed by atoms with E-state index in [2.05, 4.69) is 10.3 Å². The van der Waals surface area contributed by atoms with Gasteiger partial charge in [0.2, 0.25) is 0 Å². The van der Waals surface area contributed by atoms with Gasteiger partial charge in [-0.05, 0) is 31.2 Å². The highest BCUT2D eigenvalue weighted by Gasteiger charge is 2.11. The van der Waals surface area contributed by atoms with Crippen molar-refractivity contribution in [3.8, 4) is 0 Å². The number of benzene rings is 1. The Morgan fingerprint density at radius 3 is 2.47 bits per heavy atom. The molecule has 0 saturated carbocycles. The molecule has 0 fully saturated rings. The number of carbonyl (C=O) groups excluding carboxylic acids is 1. The van der Waals surface area contributed by atoms with Gasteiger partial charge in [-0.3, -0.25) is 9.78 Å². The SMILES string of the molecule is Cc1cc(NC(=O)c2cc(Cl)c(N)c(Cl)c2)ccn1. The molecule has 3 N–H and O–H groups in total. The van der Waals surface area contributed by atoms with Crippen LogP contribution < -0.4 is 11.1 Å². The van der Waals surface area contributed by atoms with E-state index in [-0.39, 0.29) is 21.6 Å². The van der Waals surface area contributed by atoms with Gasteiger partial charge in [0.25, 0.3) is 5.91 Å². The molecule has 2 aromatic rings. The first-order valence-electron chi connectivity index (χ1n) is 5.46. The van der Waals surface area contributed by atoms with E-state index in [1.54, 1.807) is 18.3 Å². The number of amides is 1. The highest BCUT2D eigenvalue weighted by molar-refractivity contribution is 6.39. The Kier molecular flexibility index (Phi) is 3.93. The molecule has 0 unspecified atom stereocenters. The van der Waals surface area contributed by atoms with Gasteiger partial charge >= 0.3 is 0 Å². The lowest BCUT2D eigenvalue weighted by atomic mass is 10.2. The number of carbonyl (C=O) groups is 1. The van der Waals surface area contributed by atoms with Gasteiger partial charge in [-0.1, -0.05) is 23.2 Å². The molecule has 0 aliphatic carbocycles. The second kappa shape index (κ2) is 5.47. The molecule has 0 radical (unpaired) electrons. The van der Waals surface area contributed by atoms with Crippen LogP contribution in [0.4, 0.5) is 11.4 Å². The van der Waals surface area contributed by atoms with E-state index in [4.69, 9.17) is 28.9 Å². The van der Waals surface area contributed by atoms with Crippen LogP contribution in [0.5, 0.6) is 0 Å². The molecule has 0 atom stereocenters. The number of aromatic nitrogens is 1. The van der Waals surface area contributed by atoms with Crippen LogP contribution in [0.2, 0.25) is 10.0 Å². The number of halogens is 2. The Balaban J connectivity index is 2.25. The molecule has 0 aliphatic rings. The summed E-state index contributed by atoms with van der Waals surface area (Å²) in [6, 6.07) is 6.42. The van der Waals surface area contributed by atoms with Crippen LogP contribution in [0, 0.1) is 6.92 Å². The number of anilines is 2. The molecular weight excluding hydrogens is 285 g/mol. The predicted octanol–water partition coefficient (Wildman–Crippen LogP) is 3.53. The Hall–Kier alpha value is -1.78. The van der Waals surface area contributed by atoms with Crippen LogP contribution in [0.3, 0.4) is 0 Å². The first kappa shape index (κ1) is 13.6. The Labute approximate surface area is 120 Å². The molecule has 4 nitrogen and oxygen atoms in total. The number of nitrogens with two attached hydrogens (primary N) is 1. The number of hydrogen-bond acceptors (Lipinski definition) is 3. The van der Waals surface area contributed by atoms with Crippen LogP contribution in [-0.4, -0.2) is 10.9 Å². The Morgan fingerprint density at radius 2 is 1.89 bits per heavy atom. The van der Waals surface area contributed by atoms with Gasteiger partial charge < -0.3 is 11.1 Å². The van der Waals surface area contributed by atoms with Crippen molar-refractivity contribution in [1.29, 1.82) is 0 Å². The minimum atomic E-state index is -0.311. The van der Waals surface area contributed by atoms with Gasteiger partial charge in [0.15, 0.2) is 0 Å². The van der Waals surface area contributed by atoms with E-state index in [1.165, 1.54) is 12.1 Å². The second-order valence-electron chi connectivity index (χ2n) is 3.99. The quantitative estimate of drug-likeness (QED) is 0.833. The van der Waals surface area contributed by atoms with Crippen molar-refractivity contribution in [2.24, 2.45) is 0 Å². The van der Waals surface area contributed by atoms with Crippen LogP contribution in [0.15, 0.2) is 30.5 Å². The lowest BCUT2D eigenvalue weighted by Gasteiger charge is -2.08. The van der Waals surface area contributed by atoms with Crippen molar-refractivity contribution in [2.45, 2.75) is 6.92 Å². The van der Waals surface area contributed by atoms with Gasteiger partial charge in [-0.25, -0.2) is 0 Å². The van der Waals surface area contributed by atoms with E-state index in [9.17, 15) is 4.79 Å². The highest BCUT2D eigenvalue weighted by atomic mass is 35.5. The first-order valence-corrected chi connectivity index (χ1v) is 6.21. The molecule has 0 spiro atoms. The lowest BCUT2D eigenvalue weighted by Crippen LogP contribution is -2.12. The molecule has 19 heavy (non-hydrogen) atoms. The molecule has 98 valence electrons. The fourth-order valence-electron chi connectivity index (χ4n) is 1.54. The average molecular weight is 296 g/mol. The normalized spacial score (nSPS) is 10.3. The van der Waals surface area contributed by atoms with Crippen molar-refractivity contribution in [2.75, 3.05) is 11.1 Å². The summed E-state index contributed by atoms with van der Waals surface area (Å²) in [5, 5.41) is 3.24. The van der Waals surface area contributed by atoms with Gasteiger partial charge in [-0.15, -0.1) is 0 Å². The molecule has 1 heterocycles. The zero-order valence-electron chi connectivity index (χ0n) is 10.1. The largest absolute Gasteiger partial charge is 0.396 e. The number of rotatable bonds is 2. The summed E-state index contributed by atoms with van der Waals surface area (Å²) in [4.78, 5) is 16.1. The van der Waals surface area contributed by atoms with Crippen molar-refractivity contribution in [3.63, 3.8) is 0 Å². The maximum Gasteiger partial charge on any atom is 0.255 e. The molecule has 0 aliphatic heterocycles. The molecule has 0 bridgehead atoms. The maximum atomic E-state index is 12.1. The fourth-order valence-corrected chi connectivity index (χ4v) is 2.03. The third-order valence-electron chi connectivity index (χ3n) is 2.50. The zero-order chi connectivity index (χ0) is 14.0. The molecule has 2 rings (SSSR count). The van der Waals surface area contributed by atoms with E-state index in [0.717, 1.165) is 5.69 Å². The second-order valence-corrected chi connectivity index (χ2v) is 4.81. The van der Waals surface area contributed by atoms with Crippen LogP contribution in [-0.2, 0) is 0 Å². The first-order chi connectivity index (χ1) is 8.97. The standard InChI is InChI=1S/C13H11Cl2N3O/c1-7-4-9(2-3-17-7)18-13(19)8-5-10(14)12(16)11(15)6-8/h2-6H,16H2,1H3,(H,17,18,19). The summed E-state index contributed by atoms with van der Waals surface area (Å²) in [6.45, 7) is 1.84. The molecular formula is C13H11Cl2N3O. The van der Waals surface area contributed by atoms with Crippen LogP contribution >= 0.6 is 23.2 Å². The smallest absolute Gasteiger partial charge is 0.255 e. The monoisotopic (exact) mass is 295 g/mol. The van der Waals surface area contributed by atoms with Gasteiger partial charge in [0, 0.05) is 23.1 Å². The summed E-state index contributed by atoms with van der Waals surface area (Å²) in [5.41, 5.74) is 7.69. The summed E-state index contributed by atoms with van der Waals surface area (Å²) < 4.78 is 0. The Bertz CT molecular complexity index is 621. The molecule has 1 aromatic carbocycles. The molecule has 0 saturated heterocycles. The van der Waals surface area contributed by atoms with Gasteiger partial charge in [0.05, 0.1) is 15.7 Å². The zero-order valence-corrected chi connectivity index (χ0v) is 11.6. The number of nitrogens with one attached hydrogen (secondary N) is 1. The fraction of sp³-hybridized carbons (Fsp3) is 0.0769. The number of nitrogen functional groups attached to an aromatic ring is 1. The van der Waals surface area contributed by atoms with Gasteiger partial charge in [0.1, 0.15) is 0 Å². The van der Waals surface area contributed by atoms with E-state index in [0.29, 0.717) is 11.3 Å². The summed E-state index contributed by atoms with van der Waals surface area (Å²) >= 11 is 11.8. The highest BCUT2D eigenvalue weighted by Crippen LogP contribution is 2.29. The van der Waals surface area contributed by atoms with E-state index < -0.39 is 0 Å². The summed E-state index contributed by atoms with van der Waals surface area (Å²) in [5.74, 6) is -0.311. The minimum Gasteiger partial charge on any atom is -0.396 e. The van der Waals surface area contributed by atoms with Gasteiger partial charge in [-0.2, -0.15) is 0 Å². The summed E-state index contributed by atoms with van der Waals surface area (Å²) in [6.07, 6.45) is 1.62. The summed E-state index contributed by atoms with van der Waals surface area (Å²) in [7, 11) is 0. The van der Waals surface area contributed by atoms with Crippen LogP contribution in [0.25, 0.3) is 0 Å². The van der Waals surface area contributed by atoms with E-state index in [1.807, 2.05) is 6.92 Å². The topological polar surface area (TPSA) is 68.0 Å². The Morgan fingerprint density at radius 1 is 1.26 bits per heavy atom. The number of aryl methyl sites for hydroxylation is 1. The third-order valence-corrected chi connectivity index (χ3v) is 3.12. The molecule has 1 aromatic heterocycles. The van der Waals surface area contributed by atoms with E-state index >= 15 is 0 Å². The molecule has 6 heteroatoms. The molecule has 1 amide bonds. The third kappa shape index (κ3) is 3.16. The van der Waals surface area contributed by atoms with Crippen molar-refractivity contribution >= 4 is 40.5 Å². The number of nitrogens with zero attached hydrogens (tertiary/aromatic N) is 1. The lowest BCUT2D eigenvalue weighted by molar-refractivity contribution is 0.102. The van der Waals surface area contributed by atoms with Crippen molar-refractivity contribution < 1.29 is 4.79 Å². The maximum absolute atomic E-state index is 12.1. The number of pyridine rings is 1. The average Bonchev–Trinajstić information content (AvgIpc) is 2.35. The minimum absolute atomic E-state index is 0.253.